The lowest BCUT2D eigenvalue weighted by molar-refractivity contribution is -0.120. The Bertz CT molecular complexity index is 1050. The van der Waals surface area contributed by atoms with E-state index in [1.54, 1.807) is 0 Å². The third kappa shape index (κ3) is 5.94. The number of imidazole rings is 1. The number of aromatic nitrogens is 2. The van der Waals surface area contributed by atoms with Crippen LogP contribution in [0.25, 0.3) is 11.0 Å². The highest BCUT2D eigenvalue weighted by Gasteiger charge is 2.14. The van der Waals surface area contributed by atoms with Gasteiger partial charge in [-0.1, -0.05) is 45.0 Å². The van der Waals surface area contributed by atoms with Gasteiger partial charge in [-0.25, -0.2) is 4.98 Å². The summed E-state index contributed by atoms with van der Waals surface area (Å²) >= 11 is 0. The summed E-state index contributed by atoms with van der Waals surface area (Å²) in [5.41, 5.74) is 3.95. The Morgan fingerprint density at radius 3 is 2.39 bits per heavy atom. The summed E-state index contributed by atoms with van der Waals surface area (Å²) in [6.45, 7) is 10.1. The average Bonchev–Trinajstić information content (AvgIpc) is 3.05. The molecule has 0 unspecified atom stereocenters. The zero-order valence-electron chi connectivity index (χ0n) is 18.9. The van der Waals surface area contributed by atoms with Crippen LogP contribution in [0.5, 0.6) is 0 Å². The van der Waals surface area contributed by atoms with Gasteiger partial charge in [0.05, 0.1) is 11.0 Å². The number of aryl methyl sites for hydroxylation is 2. The standard InChI is InChI=1S/C25H32N4O2/c1-18-28-21-8-5-6-9-22(21)29(18)17-7-15-26-23(30)14-16-27-24(31)19-10-12-20(13-11-19)25(2,3)4/h5-6,8-13H,7,14-17H2,1-4H3,(H,26,30)(H,27,31). The van der Waals surface area contributed by atoms with Gasteiger partial charge < -0.3 is 15.2 Å². The van der Waals surface area contributed by atoms with E-state index in [-0.39, 0.29) is 23.7 Å². The fourth-order valence-corrected chi connectivity index (χ4v) is 3.54. The van der Waals surface area contributed by atoms with E-state index in [0.29, 0.717) is 18.7 Å². The number of benzene rings is 2. The Hall–Kier alpha value is -3.15. The summed E-state index contributed by atoms with van der Waals surface area (Å²) in [5, 5.41) is 5.74. The lowest BCUT2D eigenvalue weighted by Gasteiger charge is -2.19. The van der Waals surface area contributed by atoms with E-state index in [0.717, 1.165) is 29.8 Å². The monoisotopic (exact) mass is 420 g/mol. The minimum absolute atomic E-state index is 0.0523. The van der Waals surface area contributed by atoms with Gasteiger partial charge in [0.1, 0.15) is 5.82 Å². The summed E-state index contributed by atoms with van der Waals surface area (Å²) in [7, 11) is 0. The molecular weight excluding hydrogens is 388 g/mol. The first-order chi connectivity index (χ1) is 14.8. The molecule has 0 aliphatic rings. The van der Waals surface area contributed by atoms with E-state index in [2.05, 4.69) is 47.0 Å². The molecular formula is C25H32N4O2. The first-order valence-electron chi connectivity index (χ1n) is 10.8. The molecule has 6 heteroatoms. The molecule has 0 radical (unpaired) electrons. The molecule has 0 aliphatic carbocycles. The van der Waals surface area contributed by atoms with E-state index in [4.69, 9.17) is 0 Å². The fraction of sp³-hybridized carbons (Fsp3) is 0.400. The Balaban J connectivity index is 1.36. The lowest BCUT2D eigenvalue weighted by atomic mass is 9.87. The highest BCUT2D eigenvalue weighted by molar-refractivity contribution is 5.94. The van der Waals surface area contributed by atoms with Crippen LogP contribution in [0.3, 0.4) is 0 Å². The lowest BCUT2D eigenvalue weighted by Crippen LogP contribution is -2.31. The van der Waals surface area contributed by atoms with Crippen LogP contribution in [0.1, 0.15) is 55.4 Å². The number of hydrogen-bond acceptors (Lipinski definition) is 3. The van der Waals surface area contributed by atoms with Crippen LogP contribution >= 0.6 is 0 Å². The molecule has 0 atom stereocenters. The van der Waals surface area contributed by atoms with Crippen molar-refractivity contribution in [1.82, 2.24) is 20.2 Å². The molecule has 2 amide bonds. The third-order valence-corrected chi connectivity index (χ3v) is 5.38. The number of rotatable bonds is 8. The van der Waals surface area contributed by atoms with Gasteiger partial charge in [0.25, 0.3) is 5.91 Å². The van der Waals surface area contributed by atoms with Gasteiger partial charge in [0.15, 0.2) is 0 Å². The van der Waals surface area contributed by atoms with Gasteiger partial charge in [-0.2, -0.15) is 0 Å². The molecule has 1 aromatic heterocycles. The molecule has 0 saturated heterocycles. The first kappa shape index (κ1) is 22.5. The van der Waals surface area contributed by atoms with E-state index < -0.39 is 0 Å². The number of nitrogens with one attached hydrogen (secondary N) is 2. The molecule has 164 valence electrons. The van der Waals surface area contributed by atoms with Crippen molar-refractivity contribution in [2.45, 2.75) is 52.5 Å². The average molecular weight is 421 g/mol. The van der Waals surface area contributed by atoms with Gasteiger partial charge in [0, 0.05) is 31.6 Å². The summed E-state index contributed by atoms with van der Waals surface area (Å²) in [5.74, 6) is 0.761. The van der Waals surface area contributed by atoms with Crippen molar-refractivity contribution in [1.29, 1.82) is 0 Å². The Kier molecular flexibility index (Phi) is 7.10. The van der Waals surface area contributed by atoms with E-state index in [1.165, 1.54) is 5.56 Å². The van der Waals surface area contributed by atoms with Crippen molar-refractivity contribution in [3.8, 4) is 0 Å². The molecule has 0 bridgehead atoms. The van der Waals surface area contributed by atoms with Crippen LogP contribution in [0.4, 0.5) is 0 Å². The number of carbonyl (C=O) groups is 2. The minimum atomic E-state index is -0.157. The second-order valence-corrected chi connectivity index (χ2v) is 8.84. The predicted molar refractivity (Wildman–Crippen MR) is 124 cm³/mol. The molecule has 6 nitrogen and oxygen atoms in total. The zero-order valence-corrected chi connectivity index (χ0v) is 18.9. The second kappa shape index (κ2) is 9.77. The van der Waals surface area contributed by atoms with Crippen LogP contribution in [-0.2, 0) is 16.8 Å². The van der Waals surface area contributed by atoms with E-state index in [1.807, 2.05) is 49.4 Å². The number of nitrogens with zero attached hydrogens (tertiary/aromatic N) is 2. The van der Waals surface area contributed by atoms with Crippen molar-refractivity contribution in [2.24, 2.45) is 0 Å². The maximum atomic E-state index is 12.3. The Labute approximate surface area is 184 Å². The molecule has 1 heterocycles. The van der Waals surface area contributed by atoms with Crippen molar-refractivity contribution < 1.29 is 9.59 Å². The molecule has 0 fully saturated rings. The Morgan fingerprint density at radius 2 is 1.68 bits per heavy atom. The number of para-hydroxylation sites is 2. The van der Waals surface area contributed by atoms with Gasteiger partial charge >= 0.3 is 0 Å². The highest BCUT2D eigenvalue weighted by Crippen LogP contribution is 2.22. The van der Waals surface area contributed by atoms with Crippen LogP contribution in [0, 0.1) is 6.92 Å². The minimum Gasteiger partial charge on any atom is -0.356 e. The van der Waals surface area contributed by atoms with E-state index >= 15 is 0 Å². The van der Waals surface area contributed by atoms with Gasteiger partial charge in [-0.15, -0.1) is 0 Å². The van der Waals surface area contributed by atoms with Gasteiger partial charge in [-0.3, -0.25) is 9.59 Å². The molecule has 0 aliphatic heterocycles. The van der Waals surface area contributed by atoms with Gasteiger partial charge in [0.2, 0.25) is 5.91 Å². The van der Waals surface area contributed by atoms with Crippen LogP contribution < -0.4 is 10.6 Å². The smallest absolute Gasteiger partial charge is 0.251 e. The Morgan fingerprint density at radius 1 is 0.968 bits per heavy atom. The maximum Gasteiger partial charge on any atom is 0.251 e. The molecule has 3 aromatic rings. The van der Waals surface area contributed by atoms with Gasteiger partial charge in [-0.05, 0) is 48.6 Å². The quantitative estimate of drug-likeness (QED) is 0.542. The van der Waals surface area contributed by atoms with E-state index in [9.17, 15) is 9.59 Å². The van der Waals surface area contributed by atoms with Crippen LogP contribution in [0.15, 0.2) is 48.5 Å². The first-order valence-corrected chi connectivity index (χ1v) is 10.8. The molecule has 2 N–H and O–H groups in total. The topological polar surface area (TPSA) is 76.0 Å². The van der Waals surface area contributed by atoms with Crippen molar-refractivity contribution in [3.05, 3.63) is 65.5 Å². The molecule has 31 heavy (non-hydrogen) atoms. The number of hydrogen-bond donors (Lipinski definition) is 2. The summed E-state index contributed by atoms with van der Waals surface area (Å²) in [6.07, 6.45) is 1.08. The van der Waals surface area contributed by atoms with Crippen molar-refractivity contribution >= 4 is 22.8 Å². The van der Waals surface area contributed by atoms with Crippen molar-refractivity contribution in [3.63, 3.8) is 0 Å². The molecule has 0 spiro atoms. The predicted octanol–water partition coefficient (Wildman–Crippen LogP) is 3.97. The van der Waals surface area contributed by atoms with Crippen LogP contribution in [-0.4, -0.2) is 34.5 Å². The number of amides is 2. The third-order valence-electron chi connectivity index (χ3n) is 5.38. The molecule has 2 aromatic carbocycles. The van der Waals surface area contributed by atoms with Crippen LogP contribution in [0.2, 0.25) is 0 Å². The van der Waals surface area contributed by atoms with Crippen molar-refractivity contribution in [2.75, 3.05) is 13.1 Å². The fourth-order valence-electron chi connectivity index (χ4n) is 3.54. The summed E-state index contributed by atoms with van der Waals surface area (Å²) < 4.78 is 2.17. The molecule has 3 rings (SSSR count). The highest BCUT2D eigenvalue weighted by atomic mass is 16.2. The molecule has 0 saturated carbocycles. The normalized spacial score (nSPS) is 11.5. The number of fused-ring (bicyclic) bond motifs is 1. The largest absolute Gasteiger partial charge is 0.356 e. The summed E-state index contributed by atoms with van der Waals surface area (Å²) in [6, 6.07) is 15.7. The second-order valence-electron chi connectivity index (χ2n) is 8.84. The number of carbonyl (C=O) groups excluding carboxylic acids is 2. The maximum absolute atomic E-state index is 12.3. The summed E-state index contributed by atoms with van der Waals surface area (Å²) in [4.78, 5) is 28.9. The SMILES string of the molecule is Cc1nc2ccccc2n1CCCNC(=O)CCNC(=O)c1ccc(C(C)(C)C)cc1. The zero-order chi connectivity index (χ0) is 22.4.